The van der Waals surface area contributed by atoms with Gasteiger partial charge in [0.1, 0.15) is 0 Å². The maximum Gasteiger partial charge on any atom is 0.191 e. The Balaban J connectivity index is 0.00000220. The fourth-order valence-corrected chi connectivity index (χ4v) is 2.35. The first kappa shape index (κ1) is 18.3. The van der Waals surface area contributed by atoms with E-state index in [2.05, 4.69) is 41.5 Å². The Hall–Kier alpha value is -0.790. The molecule has 1 saturated carbocycles. The average Bonchev–Trinajstić information content (AvgIpc) is 3.20. The average molecular weight is 405 g/mol. The van der Waals surface area contributed by atoms with Gasteiger partial charge in [0.15, 0.2) is 5.96 Å². The SMILES string of the molecule is CCNC(=NCC1CC1)NCCc1c(C)nn(C)c1C.I. The summed E-state index contributed by atoms with van der Waals surface area (Å²) in [4.78, 5) is 4.63. The Kier molecular flexibility index (Phi) is 7.48. The minimum absolute atomic E-state index is 0. The quantitative estimate of drug-likeness (QED) is 0.433. The number of aryl methyl sites for hydroxylation is 2. The number of aliphatic imine (C=N–C) groups is 1. The van der Waals surface area contributed by atoms with Gasteiger partial charge in [-0.05, 0) is 51.5 Å². The van der Waals surface area contributed by atoms with Crippen molar-refractivity contribution in [2.75, 3.05) is 19.6 Å². The van der Waals surface area contributed by atoms with Gasteiger partial charge < -0.3 is 10.6 Å². The van der Waals surface area contributed by atoms with E-state index in [9.17, 15) is 0 Å². The minimum Gasteiger partial charge on any atom is -0.357 e. The van der Waals surface area contributed by atoms with Crippen molar-refractivity contribution in [2.24, 2.45) is 18.0 Å². The molecule has 21 heavy (non-hydrogen) atoms. The lowest BCUT2D eigenvalue weighted by atomic mass is 10.1. The van der Waals surface area contributed by atoms with Crippen molar-refractivity contribution in [2.45, 2.75) is 40.0 Å². The van der Waals surface area contributed by atoms with Gasteiger partial charge in [-0.15, -0.1) is 24.0 Å². The fourth-order valence-electron chi connectivity index (χ4n) is 2.35. The molecule has 0 atom stereocenters. The first-order valence-electron chi connectivity index (χ1n) is 7.63. The Morgan fingerprint density at radius 2 is 2.05 bits per heavy atom. The van der Waals surface area contributed by atoms with Crippen LogP contribution in [0.15, 0.2) is 4.99 Å². The zero-order chi connectivity index (χ0) is 14.5. The first-order chi connectivity index (χ1) is 9.61. The van der Waals surface area contributed by atoms with E-state index < -0.39 is 0 Å². The molecule has 0 unspecified atom stereocenters. The first-order valence-corrected chi connectivity index (χ1v) is 7.63. The molecular formula is C15H28IN5. The van der Waals surface area contributed by atoms with Gasteiger partial charge in [0.25, 0.3) is 0 Å². The normalized spacial score (nSPS) is 14.8. The molecule has 2 N–H and O–H groups in total. The van der Waals surface area contributed by atoms with Crippen molar-refractivity contribution in [1.82, 2.24) is 20.4 Å². The van der Waals surface area contributed by atoms with Crippen molar-refractivity contribution < 1.29 is 0 Å². The van der Waals surface area contributed by atoms with Gasteiger partial charge in [-0.3, -0.25) is 9.67 Å². The molecule has 0 aromatic carbocycles. The summed E-state index contributed by atoms with van der Waals surface area (Å²) in [6, 6.07) is 0. The van der Waals surface area contributed by atoms with E-state index in [-0.39, 0.29) is 24.0 Å². The second-order valence-corrected chi connectivity index (χ2v) is 5.61. The third-order valence-electron chi connectivity index (χ3n) is 3.88. The van der Waals surface area contributed by atoms with Crippen LogP contribution in [0.5, 0.6) is 0 Å². The summed E-state index contributed by atoms with van der Waals surface area (Å²) in [6.07, 6.45) is 3.67. The standard InChI is InChI=1S/C15H27N5.HI/c1-5-16-15(18-10-13-6-7-13)17-9-8-14-11(2)19-20(4)12(14)3;/h13H,5-10H2,1-4H3,(H2,16,17,18);1H. The Bertz CT molecular complexity index is 477. The summed E-state index contributed by atoms with van der Waals surface area (Å²) in [5.41, 5.74) is 3.73. The van der Waals surface area contributed by atoms with Gasteiger partial charge in [0.2, 0.25) is 0 Å². The molecule has 0 amide bonds. The van der Waals surface area contributed by atoms with E-state index in [0.717, 1.165) is 43.6 Å². The molecule has 5 nitrogen and oxygen atoms in total. The zero-order valence-corrected chi connectivity index (χ0v) is 15.9. The zero-order valence-electron chi connectivity index (χ0n) is 13.6. The Labute approximate surface area is 145 Å². The number of nitrogens with one attached hydrogen (secondary N) is 2. The summed E-state index contributed by atoms with van der Waals surface area (Å²) in [6.45, 7) is 9.06. The monoisotopic (exact) mass is 405 g/mol. The number of hydrogen-bond acceptors (Lipinski definition) is 2. The molecule has 1 aromatic rings. The van der Waals surface area contributed by atoms with Crippen LogP contribution in [0.4, 0.5) is 0 Å². The molecule has 1 aliphatic rings. The molecule has 2 rings (SSSR count). The number of halogens is 1. The van der Waals surface area contributed by atoms with Crippen molar-refractivity contribution >= 4 is 29.9 Å². The molecule has 6 heteroatoms. The predicted octanol–water partition coefficient (Wildman–Crippen LogP) is 2.16. The molecule has 1 aromatic heterocycles. The van der Waals surface area contributed by atoms with E-state index in [0.29, 0.717) is 0 Å². The van der Waals surface area contributed by atoms with E-state index in [1.165, 1.54) is 24.1 Å². The molecule has 1 fully saturated rings. The highest BCUT2D eigenvalue weighted by Gasteiger charge is 2.20. The third-order valence-corrected chi connectivity index (χ3v) is 3.88. The van der Waals surface area contributed by atoms with Crippen LogP contribution in [-0.4, -0.2) is 35.4 Å². The molecule has 120 valence electrons. The number of hydrogen-bond donors (Lipinski definition) is 2. The van der Waals surface area contributed by atoms with Crippen LogP contribution in [0.2, 0.25) is 0 Å². The van der Waals surface area contributed by atoms with Gasteiger partial charge in [-0.25, -0.2) is 0 Å². The van der Waals surface area contributed by atoms with Crippen LogP contribution >= 0.6 is 24.0 Å². The second kappa shape index (κ2) is 8.60. The van der Waals surface area contributed by atoms with E-state index >= 15 is 0 Å². The highest BCUT2D eigenvalue weighted by atomic mass is 127. The molecule has 0 aliphatic heterocycles. The summed E-state index contributed by atoms with van der Waals surface area (Å²) in [5.74, 6) is 1.77. The van der Waals surface area contributed by atoms with Gasteiger partial charge in [0, 0.05) is 32.4 Å². The lowest BCUT2D eigenvalue weighted by Crippen LogP contribution is -2.38. The van der Waals surface area contributed by atoms with Crippen LogP contribution in [0.3, 0.4) is 0 Å². The largest absolute Gasteiger partial charge is 0.357 e. The molecule has 0 radical (unpaired) electrons. The Morgan fingerprint density at radius 1 is 1.33 bits per heavy atom. The van der Waals surface area contributed by atoms with Crippen LogP contribution in [-0.2, 0) is 13.5 Å². The van der Waals surface area contributed by atoms with E-state index in [1.54, 1.807) is 0 Å². The van der Waals surface area contributed by atoms with Gasteiger partial charge in [0.05, 0.1) is 5.69 Å². The van der Waals surface area contributed by atoms with E-state index in [4.69, 9.17) is 0 Å². The topological polar surface area (TPSA) is 54.2 Å². The van der Waals surface area contributed by atoms with E-state index in [1.807, 2.05) is 11.7 Å². The van der Waals surface area contributed by atoms with Crippen LogP contribution in [0.1, 0.15) is 36.7 Å². The molecule has 1 aliphatic carbocycles. The number of aromatic nitrogens is 2. The maximum absolute atomic E-state index is 4.63. The van der Waals surface area contributed by atoms with Crippen molar-refractivity contribution in [1.29, 1.82) is 0 Å². The number of rotatable bonds is 6. The second-order valence-electron chi connectivity index (χ2n) is 5.61. The number of nitrogens with zero attached hydrogens (tertiary/aromatic N) is 3. The van der Waals surface area contributed by atoms with Crippen LogP contribution in [0.25, 0.3) is 0 Å². The highest BCUT2D eigenvalue weighted by molar-refractivity contribution is 14.0. The van der Waals surface area contributed by atoms with Crippen molar-refractivity contribution in [3.63, 3.8) is 0 Å². The van der Waals surface area contributed by atoms with Gasteiger partial charge >= 0.3 is 0 Å². The smallest absolute Gasteiger partial charge is 0.191 e. The van der Waals surface area contributed by atoms with Gasteiger partial charge in [-0.1, -0.05) is 0 Å². The summed E-state index contributed by atoms with van der Waals surface area (Å²) >= 11 is 0. The van der Waals surface area contributed by atoms with Crippen molar-refractivity contribution in [3.8, 4) is 0 Å². The van der Waals surface area contributed by atoms with Crippen LogP contribution in [0, 0.1) is 19.8 Å². The summed E-state index contributed by atoms with van der Waals surface area (Å²) in [5, 5.41) is 11.2. The lowest BCUT2D eigenvalue weighted by Gasteiger charge is -2.11. The molecule has 0 bridgehead atoms. The van der Waals surface area contributed by atoms with Crippen LogP contribution < -0.4 is 10.6 Å². The summed E-state index contributed by atoms with van der Waals surface area (Å²) < 4.78 is 1.96. The fraction of sp³-hybridized carbons (Fsp3) is 0.733. The minimum atomic E-state index is 0. The summed E-state index contributed by atoms with van der Waals surface area (Å²) in [7, 11) is 2.00. The molecule has 0 spiro atoms. The van der Waals surface area contributed by atoms with Crippen molar-refractivity contribution in [3.05, 3.63) is 17.0 Å². The van der Waals surface area contributed by atoms with Gasteiger partial charge in [-0.2, -0.15) is 5.10 Å². The highest BCUT2D eigenvalue weighted by Crippen LogP contribution is 2.28. The number of guanidine groups is 1. The molecule has 1 heterocycles. The Morgan fingerprint density at radius 3 is 2.57 bits per heavy atom. The lowest BCUT2D eigenvalue weighted by molar-refractivity contribution is 0.728. The maximum atomic E-state index is 4.63. The third kappa shape index (κ3) is 5.48. The molecular weight excluding hydrogens is 377 g/mol. The predicted molar refractivity (Wildman–Crippen MR) is 98.5 cm³/mol. The molecule has 0 saturated heterocycles.